The quantitative estimate of drug-likeness (QED) is 0.379. The normalized spacial score (nSPS) is 19.5. The number of fused-ring (bicyclic) bond motifs is 1. The number of amides is 1. The van der Waals surface area contributed by atoms with Crippen molar-refractivity contribution in [1.82, 2.24) is 5.01 Å². The van der Waals surface area contributed by atoms with Crippen molar-refractivity contribution in [3.05, 3.63) is 89.0 Å². The minimum atomic E-state index is -0.258. The molecule has 7 nitrogen and oxygen atoms in total. The minimum absolute atomic E-state index is 0.0564. The zero-order valence-electron chi connectivity index (χ0n) is 22.1. The molecule has 5 rings (SSSR count). The number of benzene rings is 3. The Labute approximate surface area is 223 Å². The Morgan fingerprint density at radius 2 is 1.50 bits per heavy atom. The van der Waals surface area contributed by atoms with Gasteiger partial charge in [0.1, 0.15) is 0 Å². The van der Waals surface area contributed by atoms with Gasteiger partial charge in [-0.1, -0.05) is 30.3 Å². The van der Waals surface area contributed by atoms with E-state index in [-0.39, 0.29) is 17.9 Å². The van der Waals surface area contributed by atoms with Crippen molar-refractivity contribution < 1.29 is 23.7 Å². The van der Waals surface area contributed by atoms with Gasteiger partial charge in [-0.05, 0) is 78.4 Å². The number of rotatable bonds is 7. The van der Waals surface area contributed by atoms with Crippen molar-refractivity contribution in [3.8, 4) is 23.0 Å². The van der Waals surface area contributed by atoms with E-state index in [0.717, 1.165) is 41.7 Å². The van der Waals surface area contributed by atoms with Crippen LogP contribution in [0.1, 0.15) is 46.8 Å². The van der Waals surface area contributed by atoms with E-state index in [2.05, 4.69) is 6.08 Å². The molecule has 2 aliphatic rings. The summed E-state index contributed by atoms with van der Waals surface area (Å²) in [5, 5.41) is 6.66. The number of hydrazone groups is 1. The summed E-state index contributed by atoms with van der Waals surface area (Å²) in [6, 6.07) is 20.8. The van der Waals surface area contributed by atoms with Gasteiger partial charge in [0.25, 0.3) is 5.91 Å². The van der Waals surface area contributed by atoms with Crippen LogP contribution >= 0.6 is 0 Å². The summed E-state index contributed by atoms with van der Waals surface area (Å²) in [7, 11) is 6.50. The van der Waals surface area contributed by atoms with Crippen molar-refractivity contribution in [2.75, 3.05) is 28.4 Å². The van der Waals surface area contributed by atoms with E-state index in [4.69, 9.17) is 24.0 Å². The molecule has 1 fully saturated rings. The van der Waals surface area contributed by atoms with E-state index in [1.54, 1.807) is 33.4 Å². The maximum atomic E-state index is 13.8. The highest BCUT2D eigenvalue weighted by molar-refractivity contribution is 6.09. The van der Waals surface area contributed by atoms with Crippen LogP contribution in [0.3, 0.4) is 0 Å². The molecule has 0 bridgehead atoms. The second-order valence-corrected chi connectivity index (χ2v) is 9.34. The number of allylic oxidation sites excluding steroid dienone is 1. The molecule has 38 heavy (non-hydrogen) atoms. The van der Waals surface area contributed by atoms with E-state index >= 15 is 0 Å². The fourth-order valence-corrected chi connectivity index (χ4v) is 5.39. The van der Waals surface area contributed by atoms with Crippen LogP contribution in [0.5, 0.6) is 23.0 Å². The predicted octanol–water partition coefficient (Wildman–Crippen LogP) is 6.16. The van der Waals surface area contributed by atoms with Crippen LogP contribution in [-0.4, -0.2) is 45.1 Å². The van der Waals surface area contributed by atoms with E-state index in [9.17, 15) is 4.79 Å². The number of carbonyl (C=O) groups excluding carboxylic acids is 1. The van der Waals surface area contributed by atoms with Gasteiger partial charge >= 0.3 is 0 Å². The van der Waals surface area contributed by atoms with Crippen LogP contribution in [0.25, 0.3) is 6.08 Å². The second kappa shape index (κ2) is 11.0. The molecule has 2 unspecified atom stereocenters. The van der Waals surface area contributed by atoms with Crippen molar-refractivity contribution in [2.24, 2.45) is 11.0 Å². The summed E-state index contributed by atoms with van der Waals surface area (Å²) in [6.07, 6.45) is 4.96. The van der Waals surface area contributed by atoms with Crippen molar-refractivity contribution in [3.63, 3.8) is 0 Å². The van der Waals surface area contributed by atoms with Crippen LogP contribution < -0.4 is 18.9 Å². The van der Waals surface area contributed by atoms with E-state index < -0.39 is 0 Å². The predicted molar refractivity (Wildman–Crippen MR) is 147 cm³/mol. The van der Waals surface area contributed by atoms with E-state index in [0.29, 0.717) is 28.6 Å². The Morgan fingerprint density at radius 3 is 2.18 bits per heavy atom. The third-order valence-electron chi connectivity index (χ3n) is 7.23. The molecule has 196 valence electrons. The summed E-state index contributed by atoms with van der Waals surface area (Å²) in [6.45, 7) is 0. The lowest BCUT2D eigenvalue weighted by atomic mass is 9.77. The van der Waals surface area contributed by atoms with Gasteiger partial charge in [-0.25, -0.2) is 5.01 Å². The van der Waals surface area contributed by atoms with Crippen LogP contribution in [-0.2, 0) is 0 Å². The SMILES string of the molecule is COc1ccc(C=C2CCCC3C2=NN(C(=O)c2ccccc2)C3c2ccc(OC)c(OC)c2)cc1OC. The van der Waals surface area contributed by atoms with Crippen molar-refractivity contribution >= 4 is 17.7 Å². The molecule has 0 saturated heterocycles. The van der Waals surface area contributed by atoms with Gasteiger partial charge in [-0.15, -0.1) is 0 Å². The first kappa shape index (κ1) is 25.4. The van der Waals surface area contributed by atoms with Gasteiger partial charge in [0, 0.05) is 11.5 Å². The topological polar surface area (TPSA) is 69.6 Å². The summed E-state index contributed by atoms with van der Waals surface area (Å²) in [5.74, 6) is 2.56. The maximum Gasteiger partial charge on any atom is 0.274 e. The maximum absolute atomic E-state index is 13.8. The number of methoxy groups -OCH3 is 4. The Morgan fingerprint density at radius 1 is 0.842 bits per heavy atom. The molecule has 0 radical (unpaired) electrons. The van der Waals surface area contributed by atoms with Crippen LogP contribution in [0.2, 0.25) is 0 Å². The lowest BCUT2D eigenvalue weighted by molar-refractivity contribution is 0.0680. The summed E-state index contributed by atoms with van der Waals surface area (Å²) >= 11 is 0. The molecular weight excluding hydrogens is 480 g/mol. The first-order chi connectivity index (χ1) is 18.6. The molecule has 3 aromatic rings. The van der Waals surface area contributed by atoms with Gasteiger partial charge < -0.3 is 18.9 Å². The van der Waals surface area contributed by atoms with Crippen LogP contribution in [0.15, 0.2) is 77.4 Å². The molecule has 7 heteroatoms. The fourth-order valence-electron chi connectivity index (χ4n) is 5.39. The lowest BCUT2D eigenvalue weighted by Gasteiger charge is -2.30. The zero-order valence-corrected chi connectivity index (χ0v) is 22.1. The Balaban J connectivity index is 1.58. The number of nitrogens with zero attached hydrogens (tertiary/aromatic N) is 2. The molecule has 0 spiro atoms. The van der Waals surface area contributed by atoms with Gasteiger partial charge in [-0.3, -0.25) is 4.79 Å². The molecule has 1 saturated carbocycles. The second-order valence-electron chi connectivity index (χ2n) is 9.34. The smallest absolute Gasteiger partial charge is 0.274 e. The standard InChI is InChI=1S/C31H32N2O5/c1-35-25-15-13-20(18-27(25)37-3)17-22-11-8-12-24-29(22)32-33(31(34)21-9-6-5-7-10-21)30(24)23-14-16-26(36-2)28(19-23)38-4/h5-7,9-10,13-19,24,30H,8,11-12H2,1-4H3. The summed E-state index contributed by atoms with van der Waals surface area (Å²) in [5.41, 5.74) is 4.64. The number of ether oxygens (including phenoxy) is 4. The third-order valence-corrected chi connectivity index (χ3v) is 7.23. The van der Waals surface area contributed by atoms with Gasteiger partial charge in [-0.2, -0.15) is 5.10 Å². The third kappa shape index (κ3) is 4.72. The number of hydrogen-bond donors (Lipinski definition) is 0. The lowest BCUT2D eigenvalue weighted by Crippen LogP contribution is -2.32. The molecule has 1 aliphatic heterocycles. The first-order valence-electron chi connectivity index (χ1n) is 12.7. The van der Waals surface area contributed by atoms with Gasteiger partial charge in [0.05, 0.1) is 40.2 Å². The molecular formula is C31H32N2O5. The molecule has 1 aliphatic carbocycles. The van der Waals surface area contributed by atoms with Crippen LogP contribution in [0, 0.1) is 5.92 Å². The highest BCUT2D eigenvalue weighted by Gasteiger charge is 2.44. The van der Waals surface area contributed by atoms with Gasteiger partial charge in [0.2, 0.25) is 0 Å². The molecule has 2 atom stereocenters. The first-order valence-corrected chi connectivity index (χ1v) is 12.7. The van der Waals surface area contributed by atoms with Crippen molar-refractivity contribution in [2.45, 2.75) is 25.3 Å². The Hall–Kier alpha value is -4.26. The summed E-state index contributed by atoms with van der Waals surface area (Å²) < 4.78 is 22.0. The molecule has 1 heterocycles. The highest BCUT2D eigenvalue weighted by Crippen LogP contribution is 2.46. The minimum Gasteiger partial charge on any atom is -0.493 e. The molecule has 1 amide bonds. The summed E-state index contributed by atoms with van der Waals surface area (Å²) in [4.78, 5) is 13.8. The Bertz CT molecular complexity index is 1380. The number of hydrogen-bond acceptors (Lipinski definition) is 6. The van der Waals surface area contributed by atoms with Crippen LogP contribution in [0.4, 0.5) is 0 Å². The molecule has 0 aromatic heterocycles. The van der Waals surface area contributed by atoms with Crippen molar-refractivity contribution in [1.29, 1.82) is 0 Å². The monoisotopic (exact) mass is 512 g/mol. The average molecular weight is 513 g/mol. The molecule has 3 aromatic carbocycles. The Kier molecular flexibility index (Phi) is 7.36. The van der Waals surface area contributed by atoms with E-state index in [1.165, 1.54) is 0 Å². The van der Waals surface area contributed by atoms with Gasteiger partial charge in [0.15, 0.2) is 23.0 Å². The number of carbonyl (C=O) groups is 1. The zero-order chi connectivity index (χ0) is 26.6. The largest absolute Gasteiger partial charge is 0.493 e. The average Bonchev–Trinajstić information content (AvgIpc) is 3.37. The highest BCUT2D eigenvalue weighted by atomic mass is 16.5. The molecule has 0 N–H and O–H groups in total. The van der Waals surface area contributed by atoms with E-state index in [1.807, 2.05) is 66.7 Å². The fraction of sp³-hybridized carbons (Fsp3) is 0.290.